The van der Waals surface area contributed by atoms with E-state index in [1.165, 1.54) is 4.90 Å². The van der Waals surface area contributed by atoms with E-state index in [4.69, 9.17) is 14.2 Å². The van der Waals surface area contributed by atoms with Gasteiger partial charge in [0, 0.05) is 34.8 Å². The van der Waals surface area contributed by atoms with Crippen molar-refractivity contribution in [2.75, 3.05) is 20.8 Å². The molecule has 0 saturated heterocycles. The Balaban J connectivity index is 2.20. The molecule has 0 radical (unpaired) electrons. The molecule has 2 rings (SSSR count). The maximum atomic E-state index is 13.2. The van der Waals surface area contributed by atoms with E-state index in [9.17, 15) is 9.59 Å². The number of rotatable bonds is 9. The maximum absolute atomic E-state index is 13.2. The first-order valence-corrected chi connectivity index (χ1v) is 11.0. The van der Waals surface area contributed by atoms with Gasteiger partial charge in [-0.2, -0.15) is 0 Å². The summed E-state index contributed by atoms with van der Waals surface area (Å²) in [5.41, 5.74) is 0.491. The van der Waals surface area contributed by atoms with Gasteiger partial charge in [0.05, 0.1) is 14.2 Å². The van der Waals surface area contributed by atoms with Crippen molar-refractivity contribution in [3.63, 3.8) is 0 Å². The molecule has 1 atom stereocenters. The number of hydrogen-bond donors (Lipinski definition) is 1. The summed E-state index contributed by atoms with van der Waals surface area (Å²) in [6.07, 6.45) is 0. The highest BCUT2D eigenvalue weighted by atomic mass is 79.9. The fourth-order valence-corrected chi connectivity index (χ4v) is 3.20. The van der Waals surface area contributed by atoms with Gasteiger partial charge in [-0.25, -0.2) is 0 Å². The summed E-state index contributed by atoms with van der Waals surface area (Å²) in [5.74, 6) is 0.995. The van der Waals surface area contributed by atoms with Gasteiger partial charge in [0.2, 0.25) is 5.91 Å². The molecule has 0 heterocycles. The van der Waals surface area contributed by atoms with E-state index in [2.05, 4.69) is 21.2 Å². The molecule has 7 nitrogen and oxygen atoms in total. The minimum atomic E-state index is -0.686. The average molecular weight is 507 g/mol. The summed E-state index contributed by atoms with van der Waals surface area (Å²) in [5, 5.41) is 2.94. The van der Waals surface area contributed by atoms with Crippen LogP contribution in [0.4, 0.5) is 0 Å². The number of nitrogens with one attached hydrogen (secondary N) is 1. The van der Waals surface area contributed by atoms with E-state index < -0.39 is 11.6 Å². The molecule has 0 aromatic heterocycles. The molecule has 2 aromatic carbocycles. The molecule has 2 aromatic rings. The van der Waals surface area contributed by atoms with Crippen LogP contribution in [-0.2, 0) is 16.1 Å². The average Bonchev–Trinajstić information content (AvgIpc) is 2.75. The van der Waals surface area contributed by atoms with Gasteiger partial charge in [-0.3, -0.25) is 9.59 Å². The zero-order valence-electron chi connectivity index (χ0n) is 19.4. The van der Waals surface area contributed by atoms with Gasteiger partial charge in [-0.15, -0.1) is 0 Å². The van der Waals surface area contributed by atoms with Gasteiger partial charge in [0.25, 0.3) is 5.91 Å². The number of methoxy groups -OCH3 is 2. The Morgan fingerprint density at radius 1 is 1.00 bits per heavy atom. The van der Waals surface area contributed by atoms with Crippen LogP contribution in [0, 0.1) is 0 Å². The van der Waals surface area contributed by atoms with Crippen molar-refractivity contribution in [2.45, 2.75) is 45.8 Å². The summed E-state index contributed by atoms with van der Waals surface area (Å²) >= 11 is 3.41. The van der Waals surface area contributed by atoms with Crippen LogP contribution in [0.25, 0.3) is 0 Å². The standard InChI is InChI=1S/C24H31BrN2O5/c1-16(23(29)26-24(2,3)4)27(14-17-7-9-18(25)10-8-17)22(28)15-32-21-12-19(30-5)11-20(13-21)31-6/h7-13,16H,14-15H2,1-6H3,(H,26,29). The van der Waals surface area contributed by atoms with Crippen LogP contribution in [0.3, 0.4) is 0 Å². The van der Waals surface area contributed by atoms with E-state index >= 15 is 0 Å². The third kappa shape index (κ3) is 7.75. The van der Waals surface area contributed by atoms with Crippen LogP contribution in [0.5, 0.6) is 17.2 Å². The van der Waals surface area contributed by atoms with Crippen LogP contribution in [0.15, 0.2) is 46.9 Å². The Bertz CT molecular complexity index is 903. The number of ether oxygens (including phenoxy) is 3. The van der Waals surface area contributed by atoms with Crippen molar-refractivity contribution >= 4 is 27.7 Å². The lowest BCUT2D eigenvalue weighted by Gasteiger charge is -2.31. The zero-order valence-corrected chi connectivity index (χ0v) is 21.0. The predicted molar refractivity (Wildman–Crippen MR) is 127 cm³/mol. The molecule has 0 aliphatic carbocycles. The Morgan fingerprint density at radius 3 is 2.03 bits per heavy atom. The van der Waals surface area contributed by atoms with E-state index in [1.807, 2.05) is 45.0 Å². The highest BCUT2D eigenvalue weighted by Crippen LogP contribution is 2.27. The number of benzene rings is 2. The van der Waals surface area contributed by atoms with E-state index in [-0.39, 0.29) is 25.0 Å². The Labute approximate surface area is 198 Å². The minimum absolute atomic E-state index is 0.231. The lowest BCUT2D eigenvalue weighted by atomic mass is 10.1. The van der Waals surface area contributed by atoms with E-state index in [1.54, 1.807) is 39.3 Å². The summed E-state index contributed by atoms with van der Waals surface area (Å²) in [7, 11) is 3.08. The summed E-state index contributed by atoms with van der Waals surface area (Å²) in [6, 6.07) is 12.0. The Kier molecular flexibility index (Phi) is 8.95. The van der Waals surface area contributed by atoms with Crippen LogP contribution < -0.4 is 19.5 Å². The van der Waals surface area contributed by atoms with Crippen LogP contribution >= 0.6 is 15.9 Å². The largest absolute Gasteiger partial charge is 0.496 e. The number of carbonyl (C=O) groups is 2. The topological polar surface area (TPSA) is 77.1 Å². The van der Waals surface area contributed by atoms with Gasteiger partial charge in [-0.1, -0.05) is 28.1 Å². The van der Waals surface area contributed by atoms with Crippen molar-refractivity contribution < 1.29 is 23.8 Å². The smallest absolute Gasteiger partial charge is 0.261 e. The molecule has 0 saturated carbocycles. The first-order chi connectivity index (χ1) is 15.0. The van der Waals surface area contributed by atoms with Gasteiger partial charge in [0.15, 0.2) is 6.61 Å². The SMILES string of the molecule is COc1cc(OC)cc(OCC(=O)N(Cc2ccc(Br)cc2)C(C)C(=O)NC(C)(C)C)c1. The third-order valence-electron chi connectivity index (χ3n) is 4.62. The summed E-state index contributed by atoms with van der Waals surface area (Å²) < 4.78 is 17.2. The molecule has 174 valence electrons. The normalized spacial score (nSPS) is 12.0. The monoisotopic (exact) mass is 506 g/mol. The zero-order chi connectivity index (χ0) is 23.9. The predicted octanol–water partition coefficient (Wildman–Crippen LogP) is 4.18. The van der Waals surface area contributed by atoms with Crippen molar-refractivity contribution in [3.05, 3.63) is 52.5 Å². The van der Waals surface area contributed by atoms with Gasteiger partial charge in [0.1, 0.15) is 23.3 Å². The van der Waals surface area contributed by atoms with Gasteiger partial charge in [-0.05, 0) is 45.4 Å². The van der Waals surface area contributed by atoms with Crippen molar-refractivity contribution in [1.29, 1.82) is 0 Å². The molecule has 8 heteroatoms. The Morgan fingerprint density at radius 2 is 1.53 bits per heavy atom. The number of carbonyl (C=O) groups excluding carboxylic acids is 2. The second kappa shape index (κ2) is 11.2. The first-order valence-electron chi connectivity index (χ1n) is 10.2. The molecule has 0 fully saturated rings. The molecule has 32 heavy (non-hydrogen) atoms. The molecular formula is C24H31BrN2O5. The highest BCUT2D eigenvalue weighted by molar-refractivity contribution is 9.10. The number of hydrogen-bond acceptors (Lipinski definition) is 5. The van der Waals surface area contributed by atoms with Crippen LogP contribution in [-0.4, -0.2) is 49.1 Å². The lowest BCUT2D eigenvalue weighted by molar-refractivity contribution is -0.142. The maximum Gasteiger partial charge on any atom is 0.261 e. The molecule has 0 bridgehead atoms. The van der Waals surface area contributed by atoms with Crippen molar-refractivity contribution in [1.82, 2.24) is 10.2 Å². The number of nitrogens with zero attached hydrogens (tertiary/aromatic N) is 1. The molecular weight excluding hydrogens is 476 g/mol. The lowest BCUT2D eigenvalue weighted by Crippen LogP contribution is -2.53. The third-order valence-corrected chi connectivity index (χ3v) is 5.15. The minimum Gasteiger partial charge on any atom is -0.496 e. The molecule has 0 aliphatic heterocycles. The molecule has 0 aliphatic rings. The fourth-order valence-electron chi connectivity index (χ4n) is 2.94. The molecule has 1 N–H and O–H groups in total. The molecule has 0 spiro atoms. The van der Waals surface area contributed by atoms with Crippen LogP contribution in [0.1, 0.15) is 33.3 Å². The van der Waals surface area contributed by atoms with E-state index in [0.29, 0.717) is 17.2 Å². The molecule has 2 amide bonds. The number of amides is 2. The summed E-state index contributed by atoms with van der Waals surface area (Å²) in [4.78, 5) is 27.5. The highest BCUT2D eigenvalue weighted by Gasteiger charge is 2.28. The molecule has 1 unspecified atom stereocenters. The van der Waals surface area contributed by atoms with E-state index in [0.717, 1.165) is 10.0 Å². The number of halogens is 1. The summed E-state index contributed by atoms with van der Waals surface area (Å²) in [6.45, 7) is 7.45. The Hall–Kier alpha value is -2.74. The second-order valence-electron chi connectivity index (χ2n) is 8.40. The fraction of sp³-hybridized carbons (Fsp3) is 0.417. The van der Waals surface area contributed by atoms with Crippen molar-refractivity contribution in [3.8, 4) is 17.2 Å². The first kappa shape index (κ1) is 25.5. The van der Waals surface area contributed by atoms with Crippen LogP contribution in [0.2, 0.25) is 0 Å². The quantitative estimate of drug-likeness (QED) is 0.551. The van der Waals surface area contributed by atoms with Gasteiger partial charge < -0.3 is 24.4 Å². The van der Waals surface area contributed by atoms with Gasteiger partial charge >= 0.3 is 0 Å². The second-order valence-corrected chi connectivity index (χ2v) is 9.32. The van der Waals surface area contributed by atoms with Crippen molar-refractivity contribution in [2.24, 2.45) is 0 Å².